The van der Waals surface area contributed by atoms with Crippen LogP contribution in [0.2, 0.25) is 0 Å². The van der Waals surface area contributed by atoms with Crippen molar-refractivity contribution >= 4 is 16.8 Å². The molecule has 1 unspecified atom stereocenters. The normalized spacial score (nSPS) is 12.0. The number of hydrogen-bond donors (Lipinski definition) is 2. The fraction of sp³-hybridized carbons (Fsp3) is 0.286. The van der Waals surface area contributed by atoms with E-state index in [9.17, 15) is 9.90 Å². The van der Waals surface area contributed by atoms with E-state index in [1.54, 1.807) is 31.4 Å². The van der Waals surface area contributed by atoms with Gasteiger partial charge in [-0.1, -0.05) is 11.6 Å². The van der Waals surface area contributed by atoms with E-state index < -0.39 is 6.10 Å². The molecule has 0 spiro atoms. The quantitative estimate of drug-likeness (QED) is 0.673. The van der Waals surface area contributed by atoms with E-state index in [-0.39, 0.29) is 19.1 Å². The molecule has 6 heteroatoms. The molecule has 142 valence electrons. The standard InChI is InChI=1S/C21H24N2O4/c1-14-4-9-19-15(10-14)11-20(23(19)2)21(25)22-12-16(24)13-27-18-7-5-17(26-3)6-8-18/h4-11,16,24H,12-13H2,1-3H3,(H,22,25). The van der Waals surface area contributed by atoms with Gasteiger partial charge in [0.15, 0.2) is 0 Å². The first-order valence-corrected chi connectivity index (χ1v) is 8.77. The van der Waals surface area contributed by atoms with Crippen molar-refractivity contribution in [3.05, 3.63) is 59.8 Å². The third kappa shape index (κ3) is 4.41. The van der Waals surface area contributed by atoms with Gasteiger partial charge in [-0.05, 0) is 49.4 Å². The van der Waals surface area contributed by atoms with Crippen LogP contribution >= 0.6 is 0 Å². The molecule has 1 atom stereocenters. The maximum atomic E-state index is 12.5. The number of nitrogens with one attached hydrogen (secondary N) is 1. The third-order valence-electron chi connectivity index (χ3n) is 4.43. The molecule has 0 radical (unpaired) electrons. The molecule has 2 aromatic carbocycles. The Bertz CT molecular complexity index is 931. The summed E-state index contributed by atoms with van der Waals surface area (Å²) in [5.74, 6) is 1.14. The number of hydrogen-bond acceptors (Lipinski definition) is 4. The van der Waals surface area contributed by atoms with Gasteiger partial charge in [0.25, 0.3) is 5.91 Å². The number of fused-ring (bicyclic) bond motifs is 1. The van der Waals surface area contributed by atoms with Crippen molar-refractivity contribution in [1.29, 1.82) is 0 Å². The summed E-state index contributed by atoms with van der Waals surface area (Å²) in [7, 11) is 3.45. The lowest BCUT2D eigenvalue weighted by Gasteiger charge is -2.14. The number of aliphatic hydroxyl groups is 1. The summed E-state index contributed by atoms with van der Waals surface area (Å²) in [6.07, 6.45) is -0.812. The predicted molar refractivity (Wildman–Crippen MR) is 104 cm³/mol. The van der Waals surface area contributed by atoms with Crippen molar-refractivity contribution in [3.63, 3.8) is 0 Å². The van der Waals surface area contributed by atoms with Crippen LogP contribution in [0.4, 0.5) is 0 Å². The summed E-state index contributed by atoms with van der Waals surface area (Å²) < 4.78 is 12.5. The topological polar surface area (TPSA) is 72.7 Å². The Kier molecular flexibility index (Phi) is 5.66. The van der Waals surface area contributed by atoms with Crippen LogP contribution in [0.1, 0.15) is 16.1 Å². The van der Waals surface area contributed by atoms with Crippen LogP contribution < -0.4 is 14.8 Å². The maximum Gasteiger partial charge on any atom is 0.268 e. The largest absolute Gasteiger partial charge is 0.497 e. The van der Waals surface area contributed by atoms with Gasteiger partial charge in [0, 0.05) is 24.5 Å². The predicted octanol–water partition coefficient (Wildman–Crippen LogP) is 2.67. The number of methoxy groups -OCH3 is 1. The van der Waals surface area contributed by atoms with Crippen molar-refractivity contribution in [2.24, 2.45) is 7.05 Å². The highest BCUT2D eigenvalue weighted by atomic mass is 16.5. The molecule has 1 amide bonds. The first kappa shape index (κ1) is 18.8. The van der Waals surface area contributed by atoms with Crippen LogP contribution in [0.5, 0.6) is 11.5 Å². The smallest absolute Gasteiger partial charge is 0.268 e. The molecule has 0 saturated carbocycles. The highest BCUT2D eigenvalue weighted by Gasteiger charge is 2.15. The summed E-state index contributed by atoms with van der Waals surface area (Å²) >= 11 is 0. The van der Waals surface area contributed by atoms with E-state index in [4.69, 9.17) is 9.47 Å². The van der Waals surface area contributed by atoms with Crippen LogP contribution in [0.15, 0.2) is 48.5 Å². The van der Waals surface area contributed by atoms with E-state index in [0.29, 0.717) is 11.4 Å². The van der Waals surface area contributed by atoms with E-state index in [1.165, 1.54) is 0 Å². The van der Waals surface area contributed by atoms with E-state index in [2.05, 4.69) is 5.32 Å². The number of aliphatic hydroxyl groups excluding tert-OH is 1. The molecule has 0 saturated heterocycles. The maximum absolute atomic E-state index is 12.5. The minimum absolute atomic E-state index is 0.0842. The Hall–Kier alpha value is -2.99. The summed E-state index contributed by atoms with van der Waals surface area (Å²) in [6.45, 7) is 2.21. The summed E-state index contributed by atoms with van der Waals surface area (Å²) in [4.78, 5) is 12.5. The Morgan fingerprint density at radius 2 is 1.85 bits per heavy atom. The zero-order valence-electron chi connectivity index (χ0n) is 15.7. The number of benzene rings is 2. The van der Waals surface area contributed by atoms with Crippen LogP contribution in [0, 0.1) is 6.92 Å². The lowest BCUT2D eigenvalue weighted by molar-refractivity contribution is 0.0837. The number of amides is 1. The average molecular weight is 368 g/mol. The van der Waals surface area contributed by atoms with Crippen LogP contribution in [-0.2, 0) is 7.05 Å². The lowest BCUT2D eigenvalue weighted by atomic mass is 10.2. The van der Waals surface area contributed by atoms with Gasteiger partial charge in [-0.3, -0.25) is 4.79 Å². The van der Waals surface area contributed by atoms with Crippen LogP contribution in [0.25, 0.3) is 10.9 Å². The number of nitrogens with zero attached hydrogens (tertiary/aromatic N) is 1. The Balaban J connectivity index is 1.54. The first-order valence-electron chi connectivity index (χ1n) is 8.77. The molecule has 3 rings (SSSR count). The number of carbonyl (C=O) groups is 1. The van der Waals surface area contributed by atoms with Crippen molar-refractivity contribution in [2.45, 2.75) is 13.0 Å². The Labute approximate surface area is 158 Å². The fourth-order valence-corrected chi connectivity index (χ4v) is 2.91. The SMILES string of the molecule is COc1ccc(OCC(O)CNC(=O)c2cc3cc(C)ccc3n2C)cc1. The van der Waals surface area contributed by atoms with Gasteiger partial charge in [-0.15, -0.1) is 0 Å². The minimum atomic E-state index is -0.812. The second-order valence-corrected chi connectivity index (χ2v) is 6.50. The van der Waals surface area contributed by atoms with E-state index in [0.717, 1.165) is 22.2 Å². The number of aromatic nitrogens is 1. The van der Waals surface area contributed by atoms with Gasteiger partial charge in [-0.25, -0.2) is 0 Å². The van der Waals surface area contributed by atoms with Crippen LogP contribution in [0.3, 0.4) is 0 Å². The van der Waals surface area contributed by atoms with Crippen molar-refractivity contribution in [3.8, 4) is 11.5 Å². The highest BCUT2D eigenvalue weighted by molar-refractivity contribution is 5.98. The summed E-state index contributed by atoms with van der Waals surface area (Å²) in [5.41, 5.74) is 2.69. The molecular formula is C21H24N2O4. The van der Waals surface area contributed by atoms with Crippen molar-refractivity contribution < 1.29 is 19.4 Å². The lowest BCUT2D eigenvalue weighted by Crippen LogP contribution is -2.36. The minimum Gasteiger partial charge on any atom is -0.497 e. The second-order valence-electron chi connectivity index (χ2n) is 6.50. The zero-order valence-corrected chi connectivity index (χ0v) is 15.7. The van der Waals surface area contributed by atoms with Crippen molar-refractivity contribution in [1.82, 2.24) is 9.88 Å². The molecule has 0 aliphatic heterocycles. The van der Waals surface area contributed by atoms with Gasteiger partial charge >= 0.3 is 0 Å². The molecule has 0 fully saturated rings. The molecule has 1 heterocycles. The van der Waals surface area contributed by atoms with Crippen LogP contribution in [-0.4, -0.2) is 41.9 Å². The molecule has 3 aromatic rings. The van der Waals surface area contributed by atoms with Crippen molar-refractivity contribution in [2.75, 3.05) is 20.3 Å². The van der Waals surface area contributed by atoms with Gasteiger partial charge in [0.1, 0.15) is 29.9 Å². The summed E-state index contributed by atoms with van der Waals surface area (Å²) in [6, 6.07) is 15.0. The Morgan fingerprint density at radius 3 is 2.56 bits per heavy atom. The molecule has 27 heavy (non-hydrogen) atoms. The van der Waals surface area contributed by atoms with Gasteiger partial charge in [0.05, 0.1) is 7.11 Å². The number of ether oxygens (including phenoxy) is 2. The highest BCUT2D eigenvalue weighted by Crippen LogP contribution is 2.20. The van der Waals surface area contributed by atoms with Gasteiger partial charge in [0.2, 0.25) is 0 Å². The molecule has 0 aliphatic carbocycles. The molecular weight excluding hydrogens is 344 g/mol. The monoisotopic (exact) mass is 368 g/mol. The number of carbonyl (C=O) groups excluding carboxylic acids is 1. The number of rotatable bonds is 7. The second kappa shape index (κ2) is 8.14. The zero-order chi connectivity index (χ0) is 19.4. The fourth-order valence-electron chi connectivity index (χ4n) is 2.91. The molecule has 2 N–H and O–H groups in total. The molecule has 0 bridgehead atoms. The summed E-state index contributed by atoms with van der Waals surface area (Å²) in [5, 5.41) is 13.9. The molecule has 1 aromatic heterocycles. The van der Waals surface area contributed by atoms with E-state index >= 15 is 0 Å². The average Bonchev–Trinajstić information content (AvgIpc) is 3.00. The number of aryl methyl sites for hydroxylation is 2. The third-order valence-corrected chi connectivity index (χ3v) is 4.43. The first-order chi connectivity index (χ1) is 13.0. The van der Waals surface area contributed by atoms with E-state index in [1.807, 2.05) is 42.8 Å². The van der Waals surface area contributed by atoms with Gasteiger partial charge in [-0.2, -0.15) is 0 Å². The Morgan fingerprint density at radius 1 is 1.15 bits per heavy atom. The molecule has 6 nitrogen and oxygen atoms in total. The molecule has 0 aliphatic rings. The van der Waals surface area contributed by atoms with Gasteiger partial charge < -0.3 is 24.5 Å².